The Kier molecular flexibility index (Phi) is 36.3. The summed E-state index contributed by atoms with van der Waals surface area (Å²) < 4.78 is 32.4. The van der Waals surface area contributed by atoms with Crippen LogP contribution in [0.25, 0.3) is 0 Å². The fraction of sp³-hybridized carbons (Fsp3) is 0.600. The Morgan fingerprint density at radius 1 is 0.305 bits per heavy atom. The number of rotatable bonds is 27. The van der Waals surface area contributed by atoms with Gasteiger partial charge in [-0.05, 0) is 93.9 Å². The van der Waals surface area contributed by atoms with Crippen molar-refractivity contribution in [1.29, 1.82) is 0 Å². The normalized spacial score (nSPS) is 11.3. The van der Waals surface area contributed by atoms with Crippen molar-refractivity contribution in [3.05, 3.63) is 89.5 Å². The Morgan fingerprint density at radius 2 is 0.475 bits per heavy atom. The van der Waals surface area contributed by atoms with Gasteiger partial charge in [-0.15, -0.1) is 0 Å². The van der Waals surface area contributed by atoms with E-state index >= 15 is 0 Å². The minimum absolute atomic E-state index is 0. The molecule has 0 atom stereocenters. The SMILES string of the molecule is CCCCCCCCCc1ccc(P(=O)([O-])[O-])cc1.CCCCCCCCCc1ccc(P(=O)([O-])[O-])cc1.CCCCCCCCCc1ccc(P(=O)([O-])[O-])cc1.[Fe+3].[Fe+3]. The van der Waals surface area contributed by atoms with Gasteiger partial charge in [-0.25, -0.2) is 0 Å². The van der Waals surface area contributed by atoms with Crippen LogP contribution in [0.4, 0.5) is 0 Å². The summed E-state index contributed by atoms with van der Waals surface area (Å²) in [5.74, 6) is 0. The van der Waals surface area contributed by atoms with Gasteiger partial charge < -0.3 is 43.1 Å². The van der Waals surface area contributed by atoms with Crippen molar-refractivity contribution in [2.75, 3.05) is 0 Å². The second-order valence-corrected chi connectivity index (χ2v) is 19.6. The summed E-state index contributed by atoms with van der Waals surface area (Å²) in [6.07, 6.45) is 29.4. The molecule has 14 heteroatoms. The zero-order valence-corrected chi connectivity index (χ0v) is 40.5. The molecule has 0 aliphatic rings. The zero-order chi connectivity index (χ0) is 42.4. The van der Waals surface area contributed by atoms with Crippen LogP contribution in [0.2, 0.25) is 0 Å². The molecule has 0 spiro atoms. The summed E-state index contributed by atoms with van der Waals surface area (Å²) in [4.78, 5) is 64.8. The maximum Gasteiger partial charge on any atom is 3.00 e. The second-order valence-electron chi connectivity index (χ2n) is 15.1. The van der Waals surface area contributed by atoms with Crippen LogP contribution >= 0.6 is 22.8 Å². The molecule has 3 rings (SSSR count). The van der Waals surface area contributed by atoms with Gasteiger partial charge in [-0.2, -0.15) is 0 Å². The first-order valence-electron chi connectivity index (χ1n) is 21.5. The van der Waals surface area contributed by atoms with Crippen molar-refractivity contribution in [3.63, 3.8) is 0 Å². The van der Waals surface area contributed by atoms with Gasteiger partial charge in [0.15, 0.2) is 0 Å². The fourth-order valence-corrected chi connectivity index (χ4v) is 7.94. The van der Waals surface area contributed by atoms with E-state index in [-0.39, 0.29) is 50.1 Å². The van der Waals surface area contributed by atoms with Crippen LogP contribution < -0.4 is 45.3 Å². The molecule has 2 radical (unpaired) electrons. The Labute approximate surface area is 378 Å². The second kappa shape index (κ2) is 35.6. The summed E-state index contributed by atoms with van der Waals surface area (Å²) in [6, 6.07) is 19.0. The number of hydrogen-bond donors (Lipinski definition) is 0. The Morgan fingerprint density at radius 3 is 0.644 bits per heavy atom. The van der Waals surface area contributed by atoms with Crippen molar-refractivity contribution in [2.24, 2.45) is 0 Å². The van der Waals surface area contributed by atoms with E-state index in [9.17, 15) is 43.1 Å². The van der Waals surface area contributed by atoms with Crippen LogP contribution in [0.3, 0.4) is 0 Å². The molecular weight excluding hydrogens is 889 g/mol. The molecule has 0 amide bonds. The summed E-state index contributed by atoms with van der Waals surface area (Å²) in [7, 11) is -13.8. The van der Waals surface area contributed by atoms with E-state index in [4.69, 9.17) is 0 Å². The molecule has 0 saturated heterocycles. The van der Waals surface area contributed by atoms with Gasteiger partial charge in [-0.1, -0.05) is 209 Å². The molecule has 9 nitrogen and oxygen atoms in total. The maximum absolute atomic E-state index is 10.8. The molecule has 59 heavy (non-hydrogen) atoms. The van der Waals surface area contributed by atoms with Crippen LogP contribution in [-0.2, 0) is 67.1 Å². The third-order valence-electron chi connectivity index (χ3n) is 9.96. The van der Waals surface area contributed by atoms with Crippen molar-refractivity contribution >= 4 is 38.7 Å². The average molecular weight is 959 g/mol. The molecule has 0 aliphatic carbocycles. The molecule has 0 aromatic heterocycles. The van der Waals surface area contributed by atoms with E-state index < -0.39 is 22.8 Å². The van der Waals surface area contributed by atoms with E-state index in [0.717, 1.165) is 55.2 Å². The standard InChI is InChI=1S/3C15H25O3P.2Fe/c3*1-2-3-4-5-6-7-8-9-14-10-12-15(13-11-14)19(16,17)18;;/h3*10-13H,2-9H2,1H3,(H2,16,17,18);;/q;;;2*+3/p-6. The summed E-state index contributed by atoms with van der Waals surface area (Å²) in [6.45, 7) is 6.64. The molecule has 0 bridgehead atoms. The van der Waals surface area contributed by atoms with Crippen LogP contribution in [0.1, 0.15) is 172 Å². The number of unbranched alkanes of at least 4 members (excludes halogenated alkanes) is 18. The summed E-state index contributed by atoms with van der Waals surface area (Å²) >= 11 is 0. The monoisotopic (exact) mass is 958 g/mol. The first-order valence-corrected chi connectivity index (χ1v) is 26.1. The fourth-order valence-electron chi connectivity index (χ4n) is 6.39. The summed E-state index contributed by atoms with van der Waals surface area (Å²) in [5.41, 5.74) is 3.31. The summed E-state index contributed by atoms with van der Waals surface area (Å²) in [5, 5.41) is -0.345. The van der Waals surface area contributed by atoms with E-state index in [1.54, 1.807) is 36.4 Å². The largest absolute Gasteiger partial charge is 3.00 e. The number of hydrogen-bond acceptors (Lipinski definition) is 9. The smallest absolute Gasteiger partial charge is 0.807 e. The Bertz CT molecular complexity index is 1380. The molecule has 0 N–H and O–H groups in total. The molecule has 3 aromatic carbocycles. The van der Waals surface area contributed by atoms with Gasteiger partial charge in [0, 0.05) is 0 Å². The minimum atomic E-state index is -4.59. The maximum atomic E-state index is 10.8. The van der Waals surface area contributed by atoms with Gasteiger partial charge in [0.25, 0.3) is 0 Å². The van der Waals surface area contributed by atoms with Gasteiger partial charge in [-0.3, -0.25) is 0 Å². The third kappa shape index (κ3) is 31.6. The average Bonchev–Trinajstić information content (AvgIpc) is 3.17. The van der Waals surface area contributed by atoms with Crippen molar-refractivity contribution in [2.45, 2.75) is 175 Å². The molecule has 0 aliphatic heterocycles. The van der Waals surface area contributed by atoms with E-state index in [1.807, 2.05) is 0 Å². The van der Waals surface area contributed by atoms with Crippen LogP contribution in [0.5, 0.6) is 0 Å². The van der Waals surface area contributed by atoms with Crippen molar-refractivity contribution in [1.82, 2.24) is 0 Å². The van der Waals surface area contributed by atoms with E-state index in [2.05, 4.69) is 20.8 Å². The van der Waals surface area contributed by atoms with Gasteiger partial charge >= 0.3 is 34.1 Å². The first-order chi connectivity index (χ1) is 27.1. The quantitative estimate of drug-likeness (QED) is 0.0422. The van der Waals surface area contributed by atoms with Crippen LogP contribution in [-0.4, -0.2) is 0 Å². The van der Waals surface area contributed by atoms with Gasteiger partial charge in [0.1, 0.15) is 0 Å². The topological polar surface area (TPSA) is 190 Å². The first kappa shape index (κ1) is 60.2. The van der Waals surface area contributed by atoms with Gasteiger partial charge in [0.2, 0.25) is 0 Å². The Balaban J connectivity index is 0. The van der Waals surface area contributed by atoms with Gasteiger partial charge in [0.05, 0.1) is 0 Å². The number of benzene rings is 3. The predicted octanol–water partition coefficient (Wildman–Crippen LogP) is 7.55. The molecule has 0 unspecified atom stereocenters. The Hall–Kier alpha value is -0.851. The van der Waals surface area contributed by atoms with Crippen molar-refractivity contribution < 1.29 is 77.2 Å². The van der Waals surface area contributed by atoms with E-state index in [1.165, 1.54) is 152 Å². The molecule has 3 aromatic rings. The molecule has 0 fully saturated rings. The zero-order valence-electron chi connectivity index (χ0n) is 35.6. The predicted molar refractivity (Wildman–Crippen MR) is 226 cm³/mol. The van der Waals surface area contributed by atoms with E-state index in [0.29, 0.717) is 0 Å². The van der Waals surface area contributed by atoms with Crippen LogP contribution in [0, 0.1) is 0 Å². The van der Waals surface area contributed by atoms with Crippen molar-refractivity contribution in [3.8, 4) is 0 Å². The minimum Gasteiger partial charge on any atom is -0.807 e. The molecule has 0 saturated carbocycles. The molecular formula is C45H69Fe2O9P3. The van der Waals surface area contributed by atoms with Crippen LogP contribution in [0.15, 0.2) is 72.8 Å². The number of aryl methyl sites for hydroxylation is 3. The molecule has 334 valence electrons. The molecule has 0 heterocycles. The third-order valence-corrected chi connectivity index (χ3v) is 12.8.